The SMILES string of the molecule is Cc1c(NC(C)c2cccc(CO)c2)cccc1C(N)=O. The zero-order valence-electron chi connectivity index (χ0n) is 12.3. The van der Waals surface area contributed by atoms with E-state index in [1.54, 1.807) is 6.07 Å². The van der Waals surface area contributed by atoms with Gasteiger partial charge in [-0.1, -0.05) is 30.3 Å². The summed E-state index contributed by atoms with van der Waals surface area (Å²) in [7, 11) is 0. The van der Waals surface area contributed by atoms with Crippen LogP contribution in [-0.4, -0.2) is 11.0 Å². The van der Waals surface area contributed by atoms with Crippen LogP contribution in [0.15, 0.2) is 42.5 Å². The number of rotatable bonds is 5. The average Bonchev–Trinajstić information content (AvgIpc) is 2.49. The lowest BCUT2D eigenvalue weighted by molar-refractivity contribution is 0.0999. The van der Waals surface area contributed by atoms with Gasteiger partial charge in [0.15, 0.2) is 0 Å². The second kappa shape index (κ2) is 6.41. The summed E-state index contributed by atoms with van der Waals surface area (Å²) >= 11 is 0. The first-order valence-corrected chi connectivity index (χ1v) is 6.88. The molecule has 0 bridgehead atoms. The first-order chi connectivity index (χ1) is 10.0. The summed E-state index contributed by atoms with van der Waals surface area (Å²) in [5, 5.41) is 12.6. The van der Waals surface area contributed by atoms with Gasteiger partial charge in [0.25, 0.3) is 0 Å². The molecule has 110 valence electrons. The van der Waals surface area contributed by atoms with Gasteiger partial charge in [0.2, 0.25) is 5.91 Å². The first-order valence-electron chi connectivity index (χ1n) is 6.88. The molecule has 0 radical (unpaired) electrons. The number of aliphatic hydroxyl groups excluding tert-OH is 1. The molecule has 1 unspecified atom stereocenters. The number of aliphatic hydroxyl groups is 1. The molecule has 1 atom stereocenters. The molecule has 2 rings (SSSR count). The third kappa shape index (κ3) is 3.41. The van der Waals surface area contributed by atoms with Crippen LogP contribution in [0.1, 0.15) is 40.0 Å². The van der Waals surface area contributed by atoms with Crippen molar-refractivity contribution in [2.24, 2.45) is 5.73 Å². The summed E-state index contributed by atoms with van der Waals surface area (Å²) in [5.74, 6) is -0.425. The number of amides is 1. The van der Waals surface area contributed by atoms with Gasteiger partial charge in [-0.15, -0.1) is 0 Å². The Labute approximate surface area is 124 Å². The van der Waals surface area contributed by atoms with Crippen molar-refractivity contribution >= 4 is 11.6 Å². The number of nitrogens with two attached hydrogens (primary N) is 1. The van der Waals surface area contributed by atoms with Crippen molar-refractivity contribution in [1.29, 1.82) is 0 Å². The molecular weight excluding hydrogens is 264 g/mol. The molecule has 2 aromatic carbocycles. The maximum Gasteiger partial charge on any atom is 0.249 e. The number of benzene rings is 2. The summed E-state index contributed by atoms with van der Waals surface area (Å²) in [6.07, 6.45) is 0. The van der Waals surface area contributed by atoms with Crippen molar-refractivity contribution in [3.05, 3.63) is 64.7 Å². The van der Waals surface area contributed by atoms with Crippen LogP contribution < -0.4 is 11.1 Å². The van der Waals surface area contributed by atoms with Gasteiger partial charge in [0.05, 0.1) is 6.61 Å². The van der Waals surface area contributed by atoms with Crippen molar-refractivity contribution in [1.82, 2.24) is 0 Å². The van der Waals surface area contributed by atoms with E-state index in [2.05, 4.69) is 5.32 Å². The minimum Gasteiger partial charge on any atom is -0.392 e. The van der Waals surface area contributed by atoms with E-state index in [1.165, 1.54) is 0 Å². The predicted octanol–water partition coefficient (Wildman–Crippen LogP) is 2.76. The molecule has 0 aliphatic heterocycles. The van der Waals surface area contributed by atoms with Crippen molar-refractivity contribution < 1.29 is 9.90 Å². The molecule has 0 aliphatic carbocycles. The molecule has 0 spiro atoms. The van der Waals surface area contributed by atoms with Gasteiger partial charge < -0.3 is 16.2 Å². The minimum atomic E-state index is -0.425. The van der Waals surface area contributed by atoms with Gasteiger partial charge >= 0.3 is 0 Å². The van der Waals surface area contributed by atoms with Crippen LogP contribution in [0.25, 0.3) is 0 Å². The topological polar surface area (TPSA) is 75.3 Å². The maximum absolute atomic E-state index is 11.4. The number of anilines is 1. The molecule has 4 N–H and O–H groups in total. The molecular formula is C17H20N2O2. The van der Waals surface area contributed by atoms with Gasteiger partial charge in [-0.3, -0.25) is 4.79 Å². The number of nitrogens with one attached hydrogen (secondary N) is 1. The number of hydrogen-bond donors (Lipinski definition) is 3. The van der Waals surface area contributed by atoms with Crippen LogP contribution in [-0.2, 0) is 6.61 Å². The molecule has 0 saturated carbocycles. The third-order valence-electron chi connectivity index (χ3n) is 3.60. The molecule has 4 nitrogen and oxygen atoms in total. The number of carbonyl (C=O) groups is 1. The monoisotopic (exact) mass is 284 g/mol. The lowest BCUT2D eigenvalue weighted by Crippen LogP contribution is -2.15. The Balaban J connectivity index is 2.25. The highest BCUT2D eigenvalue weighted by molar-refractivity contribution is 5.95. The van der Waals surface area contributed by atoms with Crippen molar-refractivity contribution in [3.8, 4) is 0 Å². The van der Waals surface area contributed by atoms with Gasteiger partial charge in [-0.05, 0) is 42.7 Å². The average molecular weight is 284 g/mol. The van der Waals surface area contributed by atoms with E-state index in [-0.39, 0.29) is 12.6 Å². The van der Waals surface area contributed by atoms with E-state index in [0.29, 0.717) is 5.56 Å². The van der Waals surface area contributed by atoms with Crippen LogP contribution in [0.5, 0.6) is 0 Å². The fourth-order valence-corrected chi connectivity index (χ4v) is 2.34. The Morgan fingerprint density at radius 1 is 1.29 bits per heavy atom. The summed E-state index contributed by atoms with van der Waals surface area (Å²) in [6, 6.07) is 13.3. The molecule has 0 heterocycles. The largest absolute Gasteiger partial charge is 0.392 e. The van der Waals surface area contributed by atoms with Gasteiger partial charge in [0, 0.05) is 17.3 Å². The lowest BCUT2D eigenvalue weighted by atomic mass is 10.0. The third-order valence-corrected chi connectivity index (χ3v) is 3.60. The van der Waals surface area contributed by atoms with E-state index in [0.717, 1.165) is 22.4 Å². The quantitative estimate of drug-likeness (QED) is 0.790. The van der Waals surface area contributed by atoms with Gasteiger partial charge in [0.1, 0.15) is 0 Å². The maximum atomic E-state index is 11.4. The Kier molecular flexibility index (Phi) is 4.60. The zero-order chi connectivity index (χ0) is 15.4. The molecule has 4 heteroatoms. The molecule has 2 aromatic rings. The molecule has 0 aromatic heterocycles. The highest BCUT2D eigenvalue weighted by atomic mass is 16.3. The normalized spacial score (nSPS) is 12.0. The number of carbonyl (C=O) groups excluding carboxylic acids is 1. The molecule has 0 aliphatic rings. The summed E-state index contributed by atoms with van der Waals surface area (Å²) in [5.41, 5.74) is 9.57. The lowest BCUT2D eigenvalue weighted by Gasteiger charge is -2.19. The van der Waals surface area contributed by atoms with Gasteiger partial charge in [-0.25, -0.2) is 0 Å². The molecule has 1 amide bonds. The summed E-state index contributed by atoms with van der Waals surface area (Å²) in [4.78, 5) is 11.4. The van der Waals surface area contributed by atoms with Gasteiger partial charge in [-0.2, -0.15) is 0 Å². The van der Waals surface area contributed by atoms with Crippen molar-refractivity contribution in [2.75, 3.05) is 5.32 Å². The van der Waals surface area contributed by atoms with Crippen LogP contribution >= 0.6 is 0 Å². The smallest absolute Gasteiger partial charge is 0.249 e. The Bertz CT molecular complexity index is 653. The number of primary amides is 1. The highest BCUT2D eigenvalue weighted by Crippen LogP contribution is 2.24. The van der Waals surface area contributed by atoms with Crippen LogP contribution in [0.2, 0.25) is 0 Å². The van der Waals surface area contributed by atoms with Crippen molar-refractivity contribution in [3.63, 3.8) is 0 Å². The fraction of sp³-hybridized carbons (Fsp3) is 0.235. The Hall–Kier alpha value is -2.33. The Morgan fingerprint density at radius 3 is 2.67 bits per heavy atom. The van der Waals surface area contributed by atoms with Crippen molar-refractivity contribution in [2.45, 2.75) is 26.5 Å². The second-order valence-corrected chi connectivity index (χ2v) is 5.11. The standard InChI is InChI=1S/C17H20N2O2/c1-11-15(17(18)21)7-4-8-16(11)19-12(2)14-6-3-5-13(9-14)10-20/h3-9,12,19-20H,10H2,1-2H3,(H2,18,21). The van der Waals surface area contributed by atoms with E-state index in [4.69, 9.17) is 5.73 Å². The molecule has 0 fully saturated rings. The van der Waals surface area contributed by atoms with E-state index < -0.39 is 5.91 Å². The van der Waals surface area contributed by atoms with E-state index in [9.17, 15) is 9.90 Å². The first kappa shape index (κ1) is 15.1. The predicted molar refractivity (Wildman–Crippen MR) is 84.1 cm³/mol. The van der Waals surface area contributed by atoms with E-state index in [1.807, 2.05) is 50.2 Å². The summed E-state index contributed by atoms with van der Waals surface area (Å²) < 4.78 is 0. The van der Waals surface area contributed by atoms with Crippen LogP contribution in [0.3, 0.4) is 0 Å². The Morgan fingerprint density at radius 2 is 2.00 bits per heavy atom. The van der Waals surface area contributed by atoms with Crippen LogP contribution in [0.4, 0.5) is 5.69 Å². The fourth-order valence-electron chi connectivity index (χ4n) is 2.34. The van der Waals surface area contributed by atoms with Crippen LogP contribution in [0, 0.1) is 6.92 Å². The molecule has 0 saturated heterocycles. The number of hydrogen-bond acceptors (Lipinski definition) is 3. The minimum absolute atomic E-state index is 0.0246. The zero-order valence-corrected chi connectivity index (χ0v) is 12.3. The highest BCUT2D eigenvalue weighted by Gasteiger charge is 2.11. The summed E-state index contributed by atoms with van der Waals surface area (Å²) in [6.45, 7) is 3.93. The molecule has 21 heavy (non-hydrogen) atoms. The van der Waals surface area contributed by atoms with E-state index >= 15 is 0 Å². The second-order valence-electron chi connectivity index (χ2n) is 5.11.